The van der Waals surface area contributed by atoms with Gasteiger partial charge in [-0.2, -0.15) is 0 Å². The lowest BCUT2D eigenvalue weighted by molar-refractivity contribution is -0.152. The molecule has 0 aliphatic carbocycles. The van der Waals surface area contributed by atoms with Crippen LogP contribution in [0, 0.1) is 12.3 Å². The van der Waals surface area contributed by atoms with Crippen molar-refractivity contribution >= 4 is 18.4 Å². The van der Waals surface area contributed by atoms with Gasteiger partial charge in [-0.15, -0.1) is 12.4 Å². The van der Waals surface area contributed by atoms with Crippen molar-refractivity contribution in [3.63, 3.8) is 0 Å². The summed E-state index contributed by atoms with van der Waals surface area (Å²) in [7, 11) is 1.38. The molecule has 1 atom stereocenters. The summed E-state index contributed by atoms with van der Waals surface area (Å²) in [5, 5.41) is 0. The SMILES string of the molecule is COC(=O)C(C)(C)[C@H](N)c1ccccc1C.Cl. The summed E-state index contributed by atoms with van der Waals surface area (Å²) in [5.41, 5.74) is 7.50. The number of nitrogens with two attached hydrogens (primary N) is 1. The van der Waals surface area contributed by atoms with Gasteiger partial charge in [0.25, 0.3) is 0 Å². The minimum atomic E-state index is -0.721. The predicted molar refractivity (Wildman–Crippen MR) is 71.2 cm³/mol. The van der Waals surface area contributed by atoms with E-state index in [4.69, 9.17) is 10.5 Å². The van der Waals surface area contributed by atoms with E-state index >= 15 is 0 Å². The van der Waals surface area contributed by atoms with Crippen LogP contribution in [0.15, 0.2) is 24.3 Å². The lowest BCUT2D eigenvalue weighted by Gasteiger charge is -2.29. The number of aryl methyl sites for hydroxylation is 1. The Morgan fingerprint density at radius 3 is 2.35 bits per heavy atom. The Morgan fingerprint density at radius 2 is 1.88 bits per heavy atom. The van der Waals surface area contributed by atoms with Crippen LogP contribution in [0.4, 0.5) is 0 Å². The second-order valence-electron chi connectivity index (χ2n) is 4.55. The average molecular weight is 258 g/mol. The van der Waals surface area contributed by atoms with Crippen LogP contribution >= 0.6 is 12.4 Å². The van der Waals surface area contributed by atoms with Crippen molar-refractivity contribution in [3.05, 3.63) is 35.4 Å². The van der Waals surface area contributed by atoms with Gasteiger partial charge < -0.3 is 10.5 Å². The molecule has 0 radical (unpaired) electrons. The number of carbonyl (C=O) groups excluding carboxylic acids is 1. The molecule has 4 heteroatoms. The number of hydrogen-bond donors (Lipinski definition) is 1. The number of halogens is 1. The molecule has 0 bridgehead atoms. The first kappa shape index (κ1) is 15.9. The third-order valence-corrected chi connectivity index (χ3v) is 3.01. The largest absolute Gasteiger partial charge is 0.469 e. The molecule has 0 aliphatic rings. The highest BCUT2D eigenvalue weighted by atomic mass is 35.5. The van der Waals surface area contributed by atoms with Crippen LogP contribution in [-0.4, -0.2) is 13.1 Å². The Morgan fingerprint density at radius 1 is 1.35 bits per heavy atom. The van der Waals surface area contributed by atoms with Crippen LogP contribution in [0.25, 0.3) is 0 Å². The zero-order valence-corrected chi connectivity index (χ0v) is 11.5. The first-order valence-corrected chi connectivity index (χ1v) is 5.30. The van der Waals surface area contributed by atoms with E-state index in [2.05, 4.69) is 0 Å². The van der Waals surface area contributed by atoms with Gasteiger partial charge in [0.05, 0.1) is 12.5 Å². The Balaban J connectivity index is 0.00000256. The van der Waals surface area contributed by atoms with Gasteiger partial charge in [-0.3, -0.25) is 4.79 Å². The molecule has 0 aromatic heterocycles. The number of esters is 1. The minimum Gasteiger partial charge on any atom is -0.469 e. The summed E-state index contributed by atoms with van der Waals surface area (Å²) in [6.45, 7) is 5.59. The van der Waals surface area contributed by atoms with Crippen LogP contribution in [0.5, 0.6) is 0 Å². The molecular formula is C13H20ClNO2. The van der Waals surface area contributed by atoms with Gasteiger partial charge in [0.15, 0.2) is 0 Å². The van der Waals surface area contributed by atoms with Gasteiger partial charge in [0.1, 0.15) is 0 Å². The molecule has 0 amide bonds. The fourth-order valence-corrected chi connectivity index (χ4v) is 1.71. The van der Waals surface area contributed by atoms with Crippen LogP contribution in [-0.2, 0) is 9.53 Å². The van der Waals surface area contributed by atoms with Gasteiger partial charge in [0, 0.05) is 6.04 Å². The van der Waals surface area contributed by atoms with Crippen molar-refractivity contribution in [2.45, 2.75) is 26.8 Å². The van der Waals surface area contributed by atoms with E-state index in [0.717, 1.165) is 11.1 Å². The first-order valence-electron chi connectivity index (χ1n) is 5.30. The highest BCUT2D eigenvalue weighted by molar-refractivity contribution is 5.85. The lowest BCUT2D eigenvalue weighted by atomic mass is 9.80. The van der Waals surface area contributed by atoms with Crippen molar-refractivity contribution in [1.29, 1.82) is 0 Å². The minimum absolute atomic E-state index is 0. The molecule has 0 fully saturated rings. The number of rotatable bonds is 3. The van der Waals surface area contributed by atoms with E-state index in [1.54, 1.807) is 13.8 Å². The maximum Gasteiger partial charge on any atom is 0.313 e. The molecule has 96 valence electrons. The first-order chi connectivity index (χ1) is 7.41. The van der Waals surface area contributed by atoms with Crippen LogP contribution in [0.2, 0.25) is 0 Å². The quantitative estimate of drug-likeness (QED) is 0.847. The molecule has 1 rings (SSSR count). The maximum absolute atomic E-state index is 11.7. The Labute approximate surface area is 109 Å². The van der Waals surface area contributed by atoms with Crippen molar-refractivity contribution < 1.29 is 9.53 Å². The Hall–Kier alpha value is -1.06. The second-order valence-corrected chi connectivity index (χ2v) is 4.55. The second kappa shape index (κ2) is 6.03. The third-order valence-electron chi connectivity index (χ3n) is 3.01. The summed E-state index contributed by atoms with van der Waals surface area (Å²) in [6.07, 6.45) is 0. The van der Waals surface area contributed by atoms with Crippen LogP contribution in [0.1, 0.15) is 31.0 Å². The zero-order valence-electron chi connectivity index (χ0n) is 10.7. The van der Waals surface area contributed by atoms with E-state index in [-0.39, 0.29) is 24.4 Å². The molecule has 1 aromatic carbocycles. The Kier molecular flexibility index (Phi) is 5.66. The number of ether oxygens (including phenoxy) is 1. The van der Waals surface area contributed by atoms with Crippen molar-refractivity contribution in [2.24, 2.45) is 11.1 Å². The molecule has 1 aromatic rings. The molecule has 0 spiro atoms. The summed E-state index contributed by atoms with van der Waals surface area (Å²) >= 11 is 0. The molecule has 2 N–H and O–H groups in total. The van der Waals surface area contributed by atoms with Gasteiger partial charge in [0.2, 0.25) is 0 Å². The smallest absolute Gasteiger partial charge is 0.313 e. The van der Waals surface area contributed by atoms with E-state index in [0.29, 0.717) is 0 Å². The monoisotopic (exact) mass is 257 g/mol. The number of benzene rings is 1. The fourth-order valence-electron chi connectivity index (χ4n) is 1.71. The molecule has 0 unspecified atom stereocenters. The maximum atomic E-state index is 11.7. The summed E-state index contributed by atoms with van der Waals surface area (Å²) in [6, 6.07) is 7.46. The van der Waals surface area contributed by atoms with Crippen LogP contribution in [0.3, 0.4) is 0 Å². The third kappa shape index (κ3) is 3.20. The standard InChI is InChI=1S/C13H19NO2.ClH/c1-9-7-5-6-8-10(9)11(14)13(2,3)12(15)16-4;/h5-8,11H,14H2,1-4H3;1H/t11-;/m1./s1. The molecule has 0 aliphatic heterocycles. The van der Waals surface area contributed by atoms with Gasteiger partial charge in [-0.25, -0.2) is 0 Å². The fraction of sp³-hybridized carbons (Fsp3) is 0.462. The van der Waals surface area contributed by atoms with E-state index in [9.17, 15) is 4.79 Å². The normalized spacial score (nSPS) is 12.5. The highest BCUT2D eigenvalue weighted by Gasteiger charge is 2.36. The Bertz CT molecular complexity index is 391. The zero-order chi connectivity index (χ0) is 12.3. The number of hydrogen-bond acceptors (Lipinski definition) is 3. The molecule has 3 nitrogen and oxygen atoms in total. The van der Waals surface area contributed by atoms with E-state index in [1.165, 1.54) is 7.11 Å². The van der Waals surface area contributed by atoms with Crippen molar-refractivity contribution in [1.82, 2.24) is 0 Å². The number of carbonyl (C=O) groups is 1. The predicted octanol–water partition coefficient (Wildman–Crippen LogP) is 2.62. The molecule has 0 saturated carbocycles. The van der Waals surface area contributed by atoms with Gasteiger partial charge in [-0.1, -0.05) is 24.3 Å². The van der Waals surface area contributed by atoms with Crippen molar-refractivity contribution in [2.75, 3.05) is 7.11 Å². The van der Waals surface area contributed by atoms with Gasteiger partial charge in [-0.05, 0) is 31.9 Å². The topological polar surface area (TPSA) is 52.3 Å². The van der Waals surface area contributed by atoms with Gasteiger partial charge >= 0.3 is 5.97 Å². The van der Waals surface area contributed by atoms with E-state index in [1.807, 2.05) is 31.2 Å². The molecule has 0 saturated heterocycles. The molecule has 0 heterocycles. The molecular weight excluding hydrogens is 238 g/mol. The lowest BCUT2D eigenvalue weighted by Crippen LogP contribution is -2.37. The van der Waals surface area contributed by atoms with E-state index < -0.39 is 5.41 Å². The average Bonchev–Trinajstić information content (AvgIpc) is 2.27. The molecule has 17 heavy (non-hydrogen) atoms. The summed E-state index contributed by atoms with van der Waals surface area (Å²) in [4.78, 5) is 11.7. The highest BCUT2D eigenvalue weighted by Crippen LogP contribution is 2.33. The van der Waals surface area contributed by atoms with Crippen molar-refractivity contribution in [3.8, 4) is 0 Å². The number of methoxy groups -OCH3 is 1. The summed E-state index contributed by atoms with van der Waals surface area (Å²) < 4.78 is 4.78. The summed E-state index contributed by atoms with van der Waals surface area (Å²) in [5.74, 6) is -0.289. The van der Waals surface area contributed by atoms with Crippen LogP contribution < -0.4 is 5.73 Å².